The van der Waals surface area contributed by atoms with Gasteiger partial charge in [-0.1, -0.05) is 0 Å². The number of aliphatic hydroxyl groups is 1. The summed E-state index contributed by atoms with van der Waals surface area (Å²) in [5, 5.41) is 11.3. The maximum Gasteiger partial charge on any atom is 0.416 e. The smallest absolute Gasteiger partial charge is 0.385 e. The van der Waals surface area contributed by atoms with Crippen molar-refractivity contribution in [2.24, 2.45) is 23.7 Å². The molecule has 0 aliphatic heterocycles. The average molecular weight is 297 g/mol. The fourth-order valence-corrected chi connectivity index (χ4v) is 5.30. The highest BCUT2D eigenvalue weighted by atomic mass is 19.4. The predicted molar refractivity (Wildman–Crippen MR) is 70.2 cm³/mol. The first-order chi connectivity index (χ1) is 9.89. The molecule has 4 saturated carbocycles. The van der Waals surface area contributed by atoms with Crippen molar-refractivity contribution in [1.82, 2.24) is 4.98 Å². The van der Waals surface area contributed by atoms with Crippen LogP contribution in [0.5, 0.6) is 0 Å². The molecular formula is C16H18F3NO. The molecule has 1 N–H and O–H groups in total. The molecule has 0 aromatic carbocycles. The second kappa shape index (κ2) is 4.22. The molecule has 4 bridgehead atoms. The summed E-state index contributed by atoms with van der Waals surface area (Å²) in [7, 11) is 0. The summed E-state index contributed by atoms with van der Waals surface area (Å²) in [5.41, 5.74) is -2.05. The Balaban J connectivity index is 1.83. The van der Waals surface area contributed by atoms with Gasteiger partial charge in [0.2, 0.25) is 0 Å². The quantitative estimate of drug-likeness (QED) is 0.856. The van der Waals surface area contributed by atoms with Gasteiger partial charge < -0.3 is 5.11 Å². The highest BCUT2D eigenvalue weighted by molar-refractivity contribution is 5.35. The van der Waals surface area contributed by atoms with Crippen LogP contribution in [0.3, 0.4) is 0 Å². The molecule has 0 spiro atoms. The van der Waals surface area contributed by atoms with Crippen molar-refractivity contribution in [2.45, 2.75) is 43.9 Å². The third kappa shape index (κ3) is 1.86. The number of halogens is 3. The van der Waals surface area contributed by atoms with Crippen LogP contribution in [-0.4, -0.2) is 10.1 Å². The molecule has 0 atom stereocenters. The summed E-state index contributed by atoms with van der Waals surface area (Å²) in [6.45, 7) is 0. The highest BCUT2D eigenvalue weighted by Crippen LogP contribution is 2.62. The minimum absolute atomic E-state index is 0.00583. The molecule has 0 amide bonds. The van der Waals surface area contributed by atoms with Crippen LogP contribution in [0.2, 0.25) is 0 Å². The van der Waals surface area contributed by atoms with E-state index in [-0.39, 0.29) is 17.4 Å². The molecular weight excluding hydrogens is 279 g/mol. The van der Waals surface area contributed by atoms with Gasteiger partial charge in [-0.3, -0.25) is 4.98 Å². The summed E-state index contributed by atoms with van der Waals surface area (Å²) in [6.07, 6.45) is 2.58. The second-order valence-corrected chi connectivity index (χ2v) is 7.05. The van der Waals surface area contributed by atoms with Gasteiger partial charge in [-0.05, 0) is 61.8 Å². The number of aromatic nitrogens is 1. The predicted octanol–water partition coefficient (Wildman–Crippen LogP) is 3.74. The minimum Gasteiger partial charge on any atom is -0.385 e. The van der Waals surface area contributed by atoms with Gasteiger partial charge >= 0.3 is 6.18 Å². The largest absolute Gasteiger partial charge is 0.416 e. The standard InChI is InChI=1S/C16H18F3NO/c17-16(18,19)13-1-2-20-8-14(13)15(21)11-4-9-3-10(6-11)7-12(15)5-9/h1-2,8-12,21H,3-7H2. The first-order valence-corrected chi connectivity index (χ1v) is 7.63. The zero-order chi connectivity index (χ0) is 14.8. The van der Waals surface area contributed by atoms with Crippen molar-refractivity contribution in [2.75, 3.05) is 0 Å². The third-order valence-electron chi connectivity index (χ3n) is 5.94. The normalized spacial score (nSPS) is 41.5. The van der Waals surface area contributed by atoms with Gasteiger partial charge in [-0.25, -0.2) is 0 Å². The Bertz CT molecular complexity index is 541. The van der Waals surface area contributed by atoms with E-state index < -0.39 is 17.3 Å². The number of nitrogens with zero attached hydrogens (tertiary/aromatic N) is 1. The second-order valence-electron chi connectivity index (χ2n) is 7.05. The van der Waals surface area contributed by atoms with E-state index in [0.717, 1.165) is 37.9 Å². The lowest BCUT2D eigenvalue weighted by atomic mass is 9.48. The van der Waals surface area contributed by atoms with Crippen LogP contribution >= 0.6 is 0 Å². The van der Waals surface area contributed by atoms with E-state index in [4.69, 9.17) is 0 Å². The lowest BCUT2D eigenvalue weighted by Gasteiger charge is -2.59. The topological polar surface area (TPSA) is 33.1 Å². The van der Waals surface area contributed by atoms with Crippen LogP contribution in [0.4, 0.5) is 13.2 Å². The average Bonchev–Trinajstić information content (AvgIpc) is 2.43. The van der Waals surface area contributed by atoms with E-state index in [9.17, 15) is 18.3 Å². The molecule has 0 saturated heterocycles. The van der Waals surface area contributed by atoms with E-state index in [2.05, 4.69) is 4.98 Å². The third-order valence-corrected chi connectivity index (χ3v) is 5.94. The van der Waals surface area contributed by atoms with Gasteiger partial charge in [-0.15, -0.1) is 0 Å². The Kier molecular flexibility index (Phi) is 2.72. The van der Waals surface area contributed by atoms with Crippen LogP contribution < -0.4 is 0 Å². The molecule has 4 fully saturated rings. The lowest BCUT2D eigenvalue weighted by molar-refractivity contribution is -0.187. The van der Waals surface area contributed by atoms with Gasteiger partial charge in [0, 0.05) is 18.0 Å². The molecule has 114 valence electrons. The van der Waals surface area contributed by atoms with E-state index >= 15 is 0 Å². The molecule has 21 heavy (non-hydrogen) atoms. The highest BCUT2D eigenvalue weighted by Gasteiger charge is 2.59. The maximum atomic E-state index is 13.3. The Hall–Kier alpha value is -1.10. The van der Waals surface area contributed by atoms with Gasteiger partial charge in [0.1, 0.15) is 0 Å². The van der Waals surface area contributed by atoms with Crippen molar-refractivity contribution in [3.63, 3.8) is 0 Å². The number of rotatable bonds is 1. The molecule has 4 aliphatic rings. The Labute approximate surface area is 121 Å². The molecule has 1 heterocycles. The zero-order valence-corrected chi connectivity index (χ0v) is 11.6. The van der Waals surface area contributed by atoms with Gasteiger partial charge in [-0.2, -0.15) is 13.2 Å². The molecule has 2 nitrogen and oxygen atoms in total. The van der Waals surface area contributed by atoms with Crippen molar-refractivity contribution in [1.29, 1.82) is 0 Å². The van der Waals surface area contributed by atoms with Crippen molar-refractivity contribution < 1.29 is 18.3 Å². The fourth-order valence-electron chi connectivity index (χ4n) is 5.30. The maximum absolute atomic E-state index is 13.3. The van der Waals surface area contributed by atoms with Crippen molar-refractivity contribution >= 4 is 0 Å². The minimum atomic E-state index is -4.44. The number of alkyl halides is 3. The van der Waals surface area contributed by atoms with Gasteiger partial charge in [0.05, 0.1) is 11.2 Å². The van der Waals surface area contributed by atoms with Crippen LogP contribution in [0.1, 0.15) is 43.2 Å². The first-order valence-electron chi connectivity index (χ1n) is 7.63. The van der Waals surface area contributed by atoms with E-state index in [1.807, 2.05) is 0 Å². The summed E-state index contributed by atoms with van der Waals surface area (Å²) >= 11 is 0. The zero-order valence-electron chi connectivity index (χ0n) is 11.6. The number of hydrogen-bond acceptors (Lipinski definition) is 2. The van der Waals surface area contributed by atoms with Crippen LogP contribution in [0, 0.1) is 23.7 Å². The van der Waals surface area contributed by atoms with Crippen molar-refractivity contribution in [3.05, 3.63) is 29.6 Å². The summed E-state index contributed by atoms with van der Waals surface area (Å²) in [6, 6.07) is 0.998. The Morgan fingerprint density at radius 3 is 2.14 bits per heavy atom. The SMILES string of the molecule is OC1(c2cnccc2C(F)(F)F)C2CC3CC(C2)CC1C3. The fraction of sp³-hybridized carbons (Fsp3) is 0.688. The van der Waals surface area contributed by atoms with Gasteiger partial charge in [0.25, 0.3) is 0 Å². The molecule has 4 aliphatic carbocycles. The molecule has 0 radical (unpaired) electrons. The molecule has 0 unspecified atom stereocenters. The van der Waals surface area contributed by atoms with Crippen LogP contribution in [0.15, 0.2) is 18.5 Å². The summed E-state index contributed by atoms with van der Waals surface area (Å²) in [5.74, 6) is 1.11. The summed E-state index contributed by atoms with van der Waals surface area (Å²) < 4.78 is 39.9. The molecule has 1 aromatic rings. The number of hydrogen-bond donors (Lipinski definition) is 1. The first kappa shape index (κ1) is 13.6. The summed E-state index contributed by atoms with van der Waals surface area (Å²) in [4.78, 5) is 3.88. The monoisotopic (exact) mass is 297 g/mol. The molecule has 1 aromatic heterocycles. The van der Waals surface area contributed by atoms with Gasteiger partial charge in [0.15, 0.2) is 0 Å². The lowest BCUT2D eigenvalue weighted by Crippen LogP contribution is -2.56. The van der Waals surface area contributed by atoms with Crippen LogP contribution in [0.25, 0.3) is 0 Å². The Morgan fingerprint density at radius 2 is 1.62 bits per heavy atom. The van der Waals surface area contributed by atoms with Crippen LogP contribution in [-0.2, 0) is 11.8 Å². The molecule has 5 heteroatoms. The Morgan fingerprint density at radius 1 is 1.05 bits per heavy atom. The number of pyridine rings is 1. The van der Waals surface area contributed by atoms with E-state index in [0.29, 0.717) is 11.8 Å². The van der Waals surface area contributed by atoms with Crippen molar-refractivity contribution in [3.8, 4) is 0 Å². The van der Waals surface area contributed by atoms with E-state index in [1.54, 1.807) is 0 Å². The van der Waals surface area contributed by atoms with E-state index in [1.165, 1.54) is 12.6 Å². The molecule has 5 rings (SSSR count).